The van der Waals surface area contributed by atoms with Crippen molar-refractivity contribution in [2.45, 2.75) is 73.3 Å². The summed E-state index contributed by atoms with van der Waals surface area (Å²) in [7, 11) is 0. The zero-order valence-corrected chi connectivity index (χ0v) is 16.8. The van der Waals surface area contributed by atoms with Gasteiger partial charge in [-0.3, -0.25) is 9.59 Å². The average Bonchev–Trinajstić information content (AvgIpc) is 2.47. The molecule has 2 atom stereocenters. The second-order valence-corrected chi connectivity index (χ2v) is 8.28. The van der Waals surface area contributed by atoms with Gasteiger partial charge in [0.2, 0.25) is 0 Å². The highest BCUT2D eigenvalue weighted by Gasteiger charge is 2.28. The molecule has 0 heterocycles. The van der Waals surface area contributed by atoms with E-state index >= 15 is 0 Å². The lowest BCUT2D eigenvalue weighted by Crippen LogP contribution is -2.45. The number of ketones is 2. The minimum Gasteiger partial charge on any atom is -0.352 e. The van der Waals surface area contributed by atoms with Crippen molar-refractivity contribution >= 4 is 17.6 Å². The van der Waals surface area contributed by atoms with E-state index in [4.69, 9.17) is 5.73 Å². The smallest absolute Gasteiger partial charge is 0.312 e. The molecule has 25 heavy (non-hydrogen) atoms. The zero-order chi connectivity index (χ0) is 19.6. The maximum absolute atomic E-state index is 12.8. The SMILES string of the molecule is CCC(=O)[C@H](CCCNC(N)=O)CC(=O)[C@@H](NCC(C)(C)C)C(C)C. The predicted octanol–water partition coefficient (Wildman–Crippen LogP) is 2.65. The first kappa shape index (κ1) is 23.6. The Morgan fingerprint density at radius 1 is 1.08 bits per heavy atom. The third-order valence-electron chi connectivity index (χ3n) is 4.15. The second kappa shape index (κ2) is 11.2. The number of amides is 2. The summed E-state index contributed by atoms with van der Waals surface area (Å²) >= 11 is 0. The summed E-state index contributed by atoms with van der Waals surface area (Å²) in [6.45, 7) is 13.4. The third kappa shape index (κ3) is 10.9. The van der Waals surface area contributed by atoms with Crippen LogP contribution < -0.4 is 16.4 Å². The van der Waals surface area contributed by atoms with E-state index in [-0.39, 0.29) is 41.3 Å². The average molecular weight is 356 g/mol. The Kier molecular flexibility index (Phi) is 10.6. The molecule has 2 amide bonds. The summed E-state index contributed by atoms with van der Waals surface area (Å²) in [5, 5.41) is 5.89. The van der Waals surface area contributed by atoms with Crippen molar-refractivity contribution in [1.29, 1.82) is 0 Å². The van der Waals surface area contributed by atoms with Crippen LogP contribution in [-0.2, 0) is 9.59 Å². The molecule has 6 heteroatoms. The topological polar surface area (TPSA) is 101 Å². The molecule has 0 aliphatic heterocycles. The molecular weight excluding hydrogens is 318 g/mol. The fraction of sp³-hybridized carbons (Fsp3) is 0.842. The maximum atomic E-state index is 12.8. The van der Waals surface area contributed by atoms with E-state index in [9.17, 15) is 14.4 Å². The molecule has 0 unspecified atom stereocenters. The highest BCUT2D eigenvalue weighted by molar-refractivity contribution is 5.90. The number of primary amides is 1. The first-order valence-corrected chi connectivity index (χ1v) is 9.30. The first-order chi connectivity index (χ1) is 11.5. The van der Waals surface area contributed by atoms with Gasteiger partial charge in [-0.2, -0.15) is 0 Å². The number of rotatable bonds is 12. The van der Waals surface area contributed by atoms with Gasteiger partial charge in [0.1, 0.15) is 5.78 Å². The molecule has 0 aromatic heterocycles. The van der Waals surface area contributed by atoms with Gasteiger partial charge < -0.3 is 16.4 Å². The quantitative estimate of drug-likeness (QED) is 0.468. The van der Waals surface area contributed by atoms with Crippen LogP contribution >= 0.6 is 0 Å². The first-order valence-electron chi connectivity index (χ1n) is 9.30. The van der Waals surface area contributed by atoms with Crippen molar-refractivity contribution in [2.24, 2.45) is 23.0 Å². The standard InChI is InChI=1S/C19H37N3O3/c1-7-15(23)14(9-8-10-21-18(20)25)11-16(24)17(13(2)3)22-12-19(4,5)6/h13-14,17,22H,7-12H2,1-6H3,(H3,20,21,25)/t14-,17+/m1/s1. The van der Waals surface area contributed by atoms with E-state index in [0.717, 1.165) is 6.54 Å². The molecule has 0 radical (unpaired) electrons. The molecule has 146 valence electrons. The van der Waals surface area contributed by atoms with Gasteiger partial charge in [-0.05, 0) is 24.2 Å². The molecule has 0 aliphatic carbocycles. The summed E-state index contributed by atoms with van der Waals surface area (Å²) < 4.78 is 0. The van der Waals surface area contributed by atoms with Crippen molar-refractivity contribution in [1.82, 2.24) is 10.6 Å². The summed E-state index contributed by atoms with van der Waals surface area (Å²) in [6.07, 6.45) is 1.89. The van der Waals surface area contributed by atoms with Crippen molar-refractivity contribution in [3.05, 3.63) is 0 Å². The van der Waals surface area contributed by atoms with Crippen molar-refractivity contribution < 1.29 is 14.4 Å². The van der Waals surface area contributed by atoms with E-state index in [1.165, 1.54) is 0 Å². The monoisotopic (exact) mass is 355 g/mol. The highest BCUT2D eigenvalue weighted by atomic mass is 16.2. The second-order valence-electron chi connectivity index (χ2n) is 8.28. The Morgan fingerprint density at radius 3 is 2.12 bits per heavy atom. The van der Waals surface area contributed by atoms with Gasteiger partial charge in [0, 0.05) is 31.8 Å². The number of carbonyl (C=O) groups is 3. The van der Waals surface area contributed by atoms with Crippen molar-refractivity contribution in [3.8, 4) is 0 Å². The fourth-order valence-corrected chi connectivity index (χ4v) is 2.73. The Balaban J connectivity index is 4.78. The minimum atomic E-state index is -0.569. The van der Waals surface area contributed by atoms with Gasteiger partial charge in [0.15, 0.2) is 5.78 Å². The van der Waals surface area contributed by atoms with Crippen LogP contribution in [-0.4, -0.2) is 36.7 Å². The highest BCUT2D eigenvalue weighted by Crippen LogP contribution is 2.19. The lowest BCUT2D eigenvalue weighted by molar-refractivity contribution is -0.129. The van der Waals surface area contributed by atoms with Crippen LogP contribution in [0.25, 0.3) is 0 Å². The molecule has 0 saturated carbocycles. The maximum Gasteiger partial charge on any atom is 0.312 e. The lowest BCUT2D eigenvalue weighted by atomic mass is 9.86. The lowest BCUT2D eigenvalue weighted by Gasteiger charge is -2.27. The molecule has 0 rings (SSSR count). The molecule has 6 nitrogen and oxygen atoms in total. The van der Waals surface area contributed by atoms with Crippen LogP contribution in [0.1, 0.15) is 67.2 Å². The van der Waals surface area contributed by atoms with E-state index in [0.29, 0.717) is 25.8 Å². The van der Waals surface area contributed by atoms with Crippen molar-refractivity contribution in [3.63, 3.8) is 0 Å². The number of nitrogens with one attached hydrogen (secondary N) is 2. The molecule has 0 bridgehead atoms. The number of hydrogen-bond donors (Lipinski definition) is 3. The molecule has 0 aromatic rings. The van der Waals surface area contributed by atoms with Crippen LogP contribution in [0.4, 0.5) is 4.79 Å². The number of carbonyl (C=O) groups excluding carboxylic acids is 3. The number of nitrogens with two attached hydrogens (primary N) is 1. The van der Waals surface area contributed by atoms with Gasteiger partial charge in [-0.15, -0.1) is 0 Å². The summed E-state index contributed by atoms with van der Waals surface area (Å²) in [6, 6.07) is -0.809. The largest absolute Gasteiger partial charge is 0.352 e. The fourth-order valence-electron chi connectivity index (χ4n) is 2.73. The Bertz CT molecular complexity index is 442. The Hall–Kier alpha value is -1.43. The third-order valence-corrected chi connectivity index (χ3v) is 4.15. The minimum absolute atomic E-state index is 0.0898. The van der Waals surface area contributed by atoms with Crippen molar-refractivity contribution in [2.75, 3.05) is 13.1 Å². The predicted molar refractivity (Wildman–Crippen MR) is 101 cm³/mol. The van der Waals surface area contributed by atoms with Crippen LogP contribution in [0.5, 0.6) is 0 Å². The Morgan fingerprint density at radius 2 is 1.68 bits per heavy atom. The summed E-state index contributed by atoms with van der Waals surface area (Å²) in [4.78, 5) is 35.7. The van der Waals surface area contributed by atoms with Crippen LogP contribution in [0.15, 0.2) is 0 Å². The van der Waals surface area contributed by atoms with Gasteiger partial charge in [-0.25, -0.2) is 4.79 Å². The molecule has 0 aromatic carbocycles. The number of urea groups is 1. The molecule has 0 aliphatic rings. The normalized spacial score (nSPS) is 14.2. The molecule has 0 fully saturated rings. The van der Waals surface area contributed by atoms with Gasteiger partial charge >= 0.3 is 6.03 Å². The van der Waals surface area contributed by atoms with E-state index in [1.54, 1.807) is 0 Å². The zero-order valence-electron chi connectivity index (χ0n) is 16.8. The number of hydrogen-bond acceptors (Lipinski definition) is 4. The molecule has 4 N–H and O–H groups in total. The molecular formula is C19H37N3O3. The van der Waals surface area contributed by atoms with E-state index in [1.807, 2.05) is 20.8 Å². The molecule has 0 spiro atoms. The summed E-state index contributed by atoms with van der Waals surface area (Å²) in [5.41, 5.74) is 5.13. The van der Waals surface area contributed by atoms with Gasteiger partial charge in [0.25, 0.3) is 0 Å². The number of Topliss-reactive ketones (excluding diaryl/α,β-unsaturated/α-hetero) is 2. The summed E-state index contributed by atoms with van der Waals surface area (Å²) in [5.74, 6) is 0.0771. The van der Waals surface area contributed by atoms with Gasteiger partial charge in [-0.1, -0.05) is 41.5 Å². The Labute approximate surface area is 152 Å². The van der Waals surface area contributed by atoms with Crippen LogP contribution in [0, 0.1) is 17.3 Å². The van der Waals surface area contributed by atoms with Crippen LogP contribution in [0.3, 0.4) is 0 Å². The van der Waals surface area contributed by atoms with Gasteiger partial charge in [0.05, 0.1) is 6.04 Å². The molecule has 0 saturated heterocycles. The van der Waals surface area contributed by atoms with Crippen LogP contribution in [0.2, 0.25) is 0 Å². The van der Waals surface area contributed by atoms with E-state index < -0.39 is 6.03 Å². The van der Waals surface area contributed by atoms with E-state index in [2.05, 4.69) is 31.4 Å².